The first-order valence-corrected chi connectivity index (χ1v) is 9.86. The van der Waals surface area contributed by atoms with E-state index in [1.807, 2.05) is 18.2 Å². The molecule has 1 N–H and O–H groups in total. The summed E-state index contributed by atoms with van der Waals surface area (Å²) < 4.78 is 0. The molecule has 138 valence electrons. The first-order valence-electron chi connectivity index (χ1n) is 9.86. The summed E-state index contributed by atoms with van der Waals surface area (Å²) in [5, 5.41) is 3.35. The Hall–Kier alpha value is -2.09. The molecule has 1 aliphatic carbocycles. The van der Waals surface area contributed by atoms with E-state index in [2.05, 4.69) is 68.6 Å². The highest BCUT2D eigenvalue weighted by molar-refractivity contribution is 5.88. The molecule has 3 rings (SSSR count). The van der Waals surface area contributed by atoms with Crippen LogP contribution in [-0.4, -0.2) is 11.9 Å². The molecule has 2 heteroatoms. The van der Waals surface area contributed by atoms with Crippen LogP contribution in [0.5, 0.6) is 0 Å². The van der Waals surface area contributed by atoms with Gasteiger partial charge < -0.3 is 5.32 Å². The number of carbonyl (C=O) groups is 1. The zero-order valence-electron chi connectivity index (χ0n) is 16.3. The molecule has 0 aromatic heterocycles. The molecule has 2 nitrogen and oxygen atoms in total. The van der Waals surface area contributed by atoms with Gasteiger partial charge in [0.2, 0.25) is 5.91 Å². The van der Waals surface area contributed by atoms with Gasteiger partial charge in [0.15, 0.2) is 0 Å². The van der Waals surface area contributed by atoms with Gasteiger partial charge in [-0.05, 0) is 42.7 Å². The zero-order chi connectivity index (χ0) is 18.6. The number of amides is 1. The molecule has 0 aliphatic heterocycles. The SMILES string of the molecule is CC(CC(C)(C)c1ccccc1)NC(=O)C1(c2ccccc2)CCCC1. The van der Waals surface area contributed by atoms with E-state index in [-0.39, 0.29) is 22.8 Å². The van der Waals surface area contributed by atoms with Crippen LogP contribution >= 0.6 is 0 Å². The number of benzene rings is 2. The lowest BCUT2D eigenvalue weighted by Gasteiger charge is -2.33. The first kappa shape index (κ1) is 18.7. The van der Waals surface area contributed by atoms with Gasteiger partial charge in [-0.25, -0.2) is 0 Å². The number of hydrogen-bond donors (Lipinski definition) is 1. The third kappa shape index (κ3) is 3.85. The van der Waals surface area contributed by atoms with Crippen molar-refractivity contribution in [3.63, 3.8) is 0 Å². The fraction of sp³-hybridized carbons (Fsp3) is 0.458. The quantitative estimate of drug-likeness (QED) is 0.746. The Morgan fingerprint density at radius 1 is 1.00 bits per heavy atom. The van der Waals surface area contributed by atoms with Crippen LogP contribution in [0.25, 0.3) is 0 Å². The molecule has 0 radical (unpaired) electrons. The fourth-order valence-corrected chi connectivity index (χ4v) is 4.57. The molecule has 1 saturated carbocycles. The third-order valence-corrected chi connectivity index (χ3v) is 5.97. The molecule has 1 atom stereocenters. The van der Waals surface area contributed by atoms with Gasteiger partial charge in [-0.3, -0.25) is 4.79 Å². The highest BCUT2D eigenvalue weighted by Crippen LogP contribution is 2.41. The highest BCUT2D eigenvalue weighted by Gasteiger charge is 2.43. The molecule has 0 saturated heterocycles. The average molecular weight is 350 g/mol. The maximum Gasteiger partial charge on any atom is 0.230 e. The lowest BCUT2D eigenvalue weighted by Crippen LogP contribution is -2.47. The van der Waals surface area contributed by atoms with E-state index in [0.717, 1.165) is 32.1 Å². The Morgan fingerprint density at radius 2 is 1.54 bits per heavy atom. The molecular weight excluding hydrogens is 318 g/mol. The van der Waals surface area contributed by atoms with E-state index in [1.54, 1.807) is 0 Å². The van der Waals surface area contributed by atoms with Crippen molar-refractivity contribution in [1.29, 1.82) is 0 Å². The van der Waals surface area contributed by atoms with Crippen LogP contribution in [0.4, 0.5) is 0 Å². The Balaban J connectivity index is 1.72. The molecule has 2 aromatic carbocycles. The zero-order valence-corrected chi connectivity index (χ0v) is 16.3. The number of rotatable bonds is 6. The first-order chi connectivity index (χ1) is 12.4. The second kappa shape index (κ2) is 7.65. The van der Waals surface area contributed by atoms with Crippen LogP contribution in [0.1, 0.15) is 64.0 Å². The minimum Gasteiger partial charge on any atom is -0.353 e. The summed E-state index contributed by atoms with van der Waals surface area (Å²) in [5.74, 6) is 0.206. The standard InChI is InChI=1S/C24H31NO/c1-19(18-23(2,3)20-12-6-4-7-13-20)25-22(26)24(16-10-11-17-24)21-14-8-5-9-15-21/h4-9,12-15,19H,10-11,16-18H2,1-3H3,(H,25,26). The summed E-state index contributed by atoms with van der Waals surface area (Å²) >= 11 is 0. The van der Waals surface area contributed by atoms with Crippen molar-refractivity contribution < 1.29 is 4.79 Å². The Morgan fingerprint density at radius 3 is 2.12 bits per heavy atom. The predicted molar refractivity (Wildman–Crippen MR) is 108 cm³/mol. The lowest BCUT2D eigenvalue weighted by atomic mass is 9.76. The molecule has 2 aromatic rings. The Kier molecular flexibility index (Phi) is 5.50. The van der Waals surface area contributed by atoms with Crippen molar-refractivity contribution in [3.8, 4) is 0 Å². The summed E-state index contributed by atoms with van der Waals surface area (Å²) in [5.41, 5.74) is 2.18. The summed E-state index contributed by atoms with van der Waals surface area (Å²) in [6.07, 6.45) is 5.10. The molecule has 1 fully saturated rings. The second-order valence-electron chi connectivity index (χ2n) is 8.48. The molecule has 26 heavy (non-hydrogen) atoms. The molecule has 0 spiro atoms. The summed E-state index contributed by atoms with van der Waals surface area (Å²) in [6, 6.07) is 21.1. The normalized spacial score (nSPS) is 17.7. The van der Waals surface area contributed by atoms with Gasteiger partial charge in [-0.2, -0.15) is 0 Å². The van der Waals surface area contributed by atoms with Crippen LogP contribution in [0.2, 0.25) is 0 Å². The molecular formula is C24H31NO. The third-order valence-electron chi connectivity index (χ3n) is 5.97. The van der Waals surface area contributed by atoms with Gasteiger partial charge in [0, 0.05) is 6.04 Å². The van der Waals surface area contributed by atoms with E-state index in [9.17, 15) is 4.79 Å². The maximum atomic E-state index is 13.3. The summed E-state index contributed by atoms with van der Waals surface area (Å²) in [4.78, 5) is 13.3. The van der Waals surface area contributed by atoms with E-state index in [1.165, 1.54) is 11.1 Å². The van der Waals surface area contributed by atoms with Gasteiger partial charge in [-0.1, -0.05) is 87.4 Å². The largest absolute Gasteiger partial charge is 0.353 e. The Labute approximate surface area is 158 Å². The van der Waals surface area contributed by atoms with Crippen molar-refractivity contribution in [2.75, 3.05) is 0 Å². The van der Waals surface area contributed by atoms with Gasteiger partial charge in [0.25, 0.3) is 0 Å². The van der Waals surface area contributed by atoms with Crippen molar-refractivity contribution in [2.45, 2.75) is 69.7 Å². The van der Waals surface area contributed by atoms with Gasteiger partial charge in [0.1, 0.15) is 0 Å². The minimum absolute atomic E-state index is 0.0313. The topological polar surface area (TPSA) is 29.1 Å². The number of carbonyl (C=O) groups excluding carboxylic acids is 1. The van der Waals surface area contributed by atoms with Gasteiger partial charge >= 0.3 is 0 Å². The van der Waals surface area contributed by atoms with Crippen LogP contribution in [0.15, 0.2) is 60.7 Å². The summed E-state index contributed by atoms with van der Waals surface area (Å²) in [7, 11) is 0. The van der Waals surface area contributed by atoms with E-state index in [0.29, 0.717) is 0 Å². The van der Waals surface area contributed by atoms with Crippen LogP contribution < -0.4 is 5.32 Å². The van der Waals surface area contributed by atoms with Crippen LogP contribution in [-0.2, 0) is 15.6 Å². The van der Waals surface area contributed by atoms with E-state index >= 15 is 0 Å². The van der Waals surface area contributed by atoms with Crippen LogP contribution in [0.3, 0.4) is 0 Å². The summed E-state index contributed by atoms with van der Waals surface area (Å²) in [6.45, 7) is 6.65. The highest BCUT2D eigenvalue weighted by atomic mass is 16.2. The van der Waals surface area contributed by atoms with Crippen molar-refractivity contribution in [2.24, 2.45) is 0 Å². The van der Waals surface area contributed by atoms with Crippen molar-refractivity contribution in [3.05, 3.63) is 71.8 Å². The van der Waals surface area contributed by atoms with Crippen molar-refractivity contribution >= 4 is 5.91 Å². The Bertz CT molecular complexity index is 714. The van der Waals surface area contributed by atoms with Gasteiger partial charge in [-0.15, -0.1) is 0 Å². The monoisotopic (exact) mass is 349 g/mol. The second-order valence-corrected chi connectivity index (χ2v) is 8.48. The number of hydrogen-bond acceptors (Lipinski definition) is 1. The van der Waals surface area contributed by atoms with Gasteiger partial charge in [0.05, 0.1) is 5.41 Å². The van der Waals surface area contributed by atoms with E-state index < -0.39 is 0 Å². The average Bonchev–Trinajstić information content (AvgIpc) is 3.14. The minimum atomic E-state index is -0.341. The van der Waals surface area contributed by atoms with Crippen molar-refractivity contribution in [1.82, 2.24) is 5.32 Å². The smallest absolute Gasteiger partial charge is 0.230 e. The molecule has 0 heterocycles. The molecule has 1 amide bonds. The molecule has 1 unspecified atom stereocenters. The molecule has 0 bridgehead atoms. The van der Waals surface area contributed by atoms with Crippen LogP contribution in [0, 0.1) is 0 Å². The number of nitrogens with one attached hydrogen (secondary N) is 1. The lowest BCUT2D eigenvalue weighted by molar-refractivity contribution is -0.127. The maximum absolute atomic E-state index is 13.3. The fourth-order valence-electron chi connectivity index (χ4n) is 4.57. The van der Waals surface area contributed by atoms with E-state index in [4.69, 9.17) is 0 Å². The molecule has 1 aliphatic rings. The predicted octanol–water partition coefficient (Wildman–Crippen LogP) is 5.37.